The molecule has 0 amide bonds. The molecule has 26 heavy (non-hydrogen) atoms. The Kier molecular flexibility index (Phi) is 4.29. The Morgan fingerprint density at radius 3 is 2.35 bits per heavy atom. The van der Waals surface area contributed by atoms with Gasteiger partial charge in [-0.3, -0.25) is 9.00 Å². The molecule has 0 bridgehead atoms. The lowest BCUT2D eigenvalue weighted by Gasteiger charge is -2.61. The first-order chi connectivity index (χ1) is 12.0. The van der Waals surface area contributed by atoms with Crippen molar-refractivity contribution in [3.05, 3.63) is 29.8 Å². The van der Waals surface area contributed by atoms with Gasteiger partial charge in [-0.1, -0.05) is 46.8 Å². The van der Waals surface area contributed by atoms with Crippen LogP contribution in [0.15, 0.2) is 24.3 Å². The van der Waals surface area contributed by atoms with Crippen molar-refractivity contribution in [2.24, 2.45) is 10.8 Å². The zero-order valence-corrected chi connectivity index (χ0v) is 17.1. The van der Waals surface area contributed by atoms with Crippen LogP contribution in [0.5, 0.6) is 5.75 Å². The maximum atomic E-state index is 13.7. The van der Waals surface area contributed by atoms with Gasteiger partial charge in [-0.15, -0.1) is 0 Å². The van der Waals surface area contributed by atoms with Crippen molar-refractivity contribution in [2.75, 3.05) is 7.11 Å². The van der Waals surface area contributed by atoms with Crippen molar-refractivity contribution >= 4 is 16.8 Å². The molecule has 1 aromatic rings. The fourth-order valence-electron chi connectivity index (χ4n) is 4.61. The van der Waals surface area contributed by atoms with Crippen LogP contribution in [0.4, 0.5) is 0 Å². The Labute approximate surface area is 156 Å². The number of rotatable bonds is 3. The third-order valence-corrected chi connectivity index (χ3v) is 7.73. The summed E-state index contributed by atoms with van der Waals surface area (Å²) in [6.45, 7) is 11.2. The molecule has 144 valence electrons. The zero-order chi connectivity index (χ0) is 19.5. The third-order valence-electron chi connectivity index (χ3n) is 5.50. The van der Waals surface area contributed by atoms with Crippen LogP contribution >= 0.6 is 0 Å². The van der Waals surface area contributed by atoms with E-state index < -0.39 is 43.6 Å². The van der Waals surface area contributed by atoms with Crippen molar-refractivity contribution < 1.29 is 28.3 Å². The highest BCUT2D eigenvalue weighted by atomic mass is 32.2. The third kappa shape index (κ3) is 2.11. The number of hydrogen-bond acceptors (Lipinski definition) is 6. The van der Waals surface area contributed by atoms with Gasteiger partial charge in [-0.25, -0.2) is 9.78 Å². The van der Waals surface area contributed by atoms with Gasteiger partial charge in [0.1, 0.15) is 16.5 Å². The van der Waals surface area contributed by atoms with Gasteiger partial charge in [0.15, 0.2) is 11.0 Å². The summed E-state index contributed by atoms with van der Waals surface area (Å²) in [6.07, 6.45) is 0. The maximum absolute atomic E-state index is 13.7. The standard InChI is InChI=1S/C19H26O6S/c1-12(20)23-15-17(5,6)19(16(2,3)4)18(24-25-19,26(15)21)13-9-8-10-14(11-13)22-7/h8-11,15H,1-7H3. The van der Waals surface area contributed by atoms with E-state index in [4.69, 9.17) is 19.2 Å². The van der Waals surface area contributed by atoms with Crippen molar-refractivity contribution in [1.29, 1.82) is 0 Å². The fraction of sp³-hybridized carbons (Fsp3) is 0.632. The van der Waals surface area contributed by atoms with Crippen LogP contribution < -0.4 is 4.74 Å². The molecule has 0 saturated carbocycles. The molecule has 0 radical (unpaired) electrons. The van der Waals surface area contributed by atoms with E-state index in [1.807, 2.05) is 52.8 Å². The molecule has 2 saturated heterocycles. The lowest BCUT2D eigenvalue weighted by molar-refractivity contribution is -0.569. The number of ether oxygens (including phenoxy) is 2. The van der Waals surface area contributed by atoms with Crippen LogP contribution in [0.2, 0.25) is 0 Å². The lowest BCUT2D eigenvalue weighted by atomic mass is 9.57. The zero-order valence-electron chi connectivity index (χ0n) is 16.2. The Hall–Kier alpha value is -1.44. The van der Waals surface area contributed by atoms with E-state index in [1.165, 1.54) is 6.92 Å². The molecular weight excluding hydrogens is 356 g/mol. The molecule has 2 fully saturated rings. The highest BCUT2D eigenvalue weighted by Gasteiger charge is 2.87. The minimum Gasteiger partial charge on any atom is -0.497 e. The largest absolute Gasteiger partial charge is 0.497 e. The highest BCUT2D eigenvalue weighted by molar-refractivity contribution is 7.86. The molecule has 7 heteroatoms. The fourth-order valence-corrected chi connectivity index (χ4v) is 7.19. The van der Waals surface area contributed by atoms with Crippen LogP contribution in [-0.2, 0) is 35.0 Å². The second kappa shape index (κ2) is 5.78. The molecule has 0 spiro atoms. The number of fused-ring (bicyclic) bond motifs is 1. The summed E-state index contributed by atoms with van der Waals surface area (Å²) >= 11 is 0. The van der Waals surface area contributed by atoms with Gasteiger partial charge in [0.25, 0.3) is 0 Å². The van der Waals surface area contributed by atoms with Crippen LogP contribution in [0.3, 0.4) is 0 Å². The van der Waals surface area contributed by atoms with Crippen LogP contribution in [0.25, 0.3) is 0 Å². The Morgan fingerprint density at radius 2 is 1.88 bits per heavy atom. The Morgan fingerprint density at radius 1 is 1.23 bits per heavy atom. The van der Waals surface area contributed by atoms with Gasteiger partial charge in [0.2, 0.25) is 4.93 Å². The van der Waals surface area contributed by atoms with Crippen molar-refractivity contribution in [1.82, 2.24) is 0 Å². The normalized spacial score (nSPS) is 35.3. The smallest absolute Gasteiger partial charge is 0.303 e. The summed E-state index contributed by atoms with van der Waals surface area (Å²) in [5.74, 6) is 0.142. The SMILES string of the molecule is COc1cccc(C23OOC2(C(C)(C)C)C(C)(C)C(OC(C)=O)S3=O)c1. The predicted molar refractivity (Wildman–Crippen MR) is 96.5 cm³/mol. The van der Waals surface area contributed by atoms with E-state index in [0.29, 0.717) is 11.3 Å². The average Bonchev–Trinajstić information content (AvgIpc) is 2.59. The van der Waals surface area contributed by atoms with E-state index in [9.17, 15) is 9.00 Å². The number of hydrogen-bond donors (Lipinski definition) is 0. The number of methoxy groups -OCH3 is 1. The molecule has 4 atom stereocenters. The average molecular weight is 382 g/mol. The quantitative estimate of drug-likeness (QED) is 0.590. The van der Waals surface area contributed by atoms with Crippen LogP contribution in [-0.4, -0.2) is 28.3 Å². The second-order valence-electron chi connectivity index (χ2n) is 8.41. The summed E-state index contributed by atoms with van der Waals surface area (Å²) < 4.78 is 24.5. The van der Waals surface area contributed by atoms with Gasteiger partial charge < -0.3 is 9.47 Å². The van der Waals surface area contributed by atoms with Crippen molar-refractivity contribution in [3.63, 3.8) is 0 Å². The summed E-state index contributed by atoms with van der Waals surface area (Å²) in [6, 6.07) is 7.27. The monoisotopic (exact) mass is 382 g/mol. The molecule has 4 unspecified atom stereocenters. The maximum Gasteiger partial charge on any atom is 0.303 e. The number of carbonyl (C=O) groups is 1. The lowest BCUT2D eigenvalue weighted by Crippen LogP contribution is -2.73. The van der Waals surface area contributed by atoms with Crippen LogP contribution in [0.1, 0.15) is 47.1 Å². The Bertz CT molecular complexity index is 768. The first-order valence-corrected chi connectivity index (χ1v) is 9.76. The molecule has 6 nitrogen and oxygen atoms in total. The van der Waals surface area contributed by atoms with E-state index in [1.54, 1.807) is 13.2 Å². The number of esters is 1. The molecule has 2 aliphatic rings. The predicted octanol–water partition coefficient (Wildman–Crippen LogP) is 3.27. The minimum atomic E-state index is -1.69. The molecule has 0 aliphatic carbocycles. The van der Waals surface area contributed by atoms with Crippen molar-refractivity contribution in [3.8, 4) is 5.75 Å². The van der Waals surface area contributed by atoms with E-state index in [-0.39, 0.29) is 0 Å². The van der Waals surface area contributed by atoms with Gasteiger partial charge in [0, 0.05) is 12.5 Å². The first-order valence-electron chi connectivity index (χ1n) is 8.55. The number of benzene rings is 1. The topological polar surface area (TPSA) is 71.1 Å². The molecule has 1 aromatic carbocycles. The summed E-state index contributed by atoms with van der Waals surface area (Å²) in [4.78, 5) is 21.9. The summed E-state index contributed by atoms with van der Waals surface area (Å²) in [5.41, 5.74) is -2.37. The molecular formula is C19H26O6S. The van der Waals surface area contributed by atoms with Crippen molar-refractivity contribution in [2.45, 2.75) is 57.5 Å². The second-order valence-corrected chi connectivity index (χ2v) is 10.0. The van der Waals surface area contributed by atoms with Gasteiger partial charge in [0.05, 0.1) is 12.5 Å². The van der Waals surface area contributed by atoms with Gasteiger partial charge >= 0.3 is 5.97 Å². The van der Waals surface area contributed by atoms with E-state index in [0.717, 1.165) is 0 Å². The molecule has 2 heterocycles. The first kappa shape index (κ1) is 19.3. The molecule has 2 aliphatic heterocycles. The molecule has 3 rings (SSSR count). The van der Waals surface area contributed by atoms with E-state index >= 15 is 0 Å². The van der Waals surface area contributed by atoms with Gasteiger partial charge in [-0.05, 0) is 17.5 Å². The molecule has 0 aromatic heterocycles. The summed E-state index contributed by atoms with van der Waals surface area (Å²) in [7, 11) is -0.118. The van der Waals surface area contributed by atoms with Gasteiger partial charge in [-0.2, -0.15) is 0 Å². The van der Waals surface area contributed by atoms with Crippen LogP contribution in [0, 0.1) is 10.8 Å². The minimum absolute atomic E-state index is 0.456. The molecule has 0 N–H and O–H groups in total. The summed E-state index contributed by atoms with van der Waals surface area (Å²) in [5, 5.41) is 0. The highest BCUT2D eigenvalue weighted by Crippen LogP contribution is 2.72. The Balaban J connectivity index is 2.28. The van der Waals surface area contributed by atoms with E-state index in [2.05, 4.69) is 0 Å². The number of carbonyl (C=O) groups excluding carboxylic acids is 1.